The van der Waals surface area contributed by atoms with Crippen molar-refractivity contribution in [2.24, 2.45) is 0 Å². The number of fused-ring (bicyclic) bond motifs is 13. The Kier molecular flexibility index (Phi) is 4.59. The summed E-state index contributed by atoms with van der Waals surface area (Å²) in [6.45, 7) is 3.97. The second-order valence-electron chi connectivity index (χ2n) is 12.1. The van der Waals surface area contributed by atoms with Crippen LogP contribution in [0.2, 0.25) is 0 Å². The molecule has 0 atom stereocenters. The molecule has 1 spiro atoms. The summed E-state index contributed by atoms with van der Waals surface area (Å²) in [5.41, 5.74) is 17.8. The van der Waals surface area contributed by atoms with Gasteiger partial charge in [-0.1, -0.05) is 128 Å². The highest BCUT2D eigenvalue weighted by molar-refractivity contribution is 6.20. The molecule has 204 valence electrons. The summed E-state index contributed by atoms with van der Waals surface area (Å²) in [5.74, 6) is 0. The molecule has 1 heteroatoms. The summed E-state index contributed by atoms with van der Waals surface area (Å²) in [6, 6.07) is 54.2. The molecule has 0 bridgehead atoms. The van der Waals surface area contributed by atoms with Crippen molar-refractivity contribution in [2.45, 2.75) is 5.41 Å². The Bertz CT molecular complexity index is 2310. The van der Waals surface area contributed by atoms with Crippen molar-refractivity contribution < 1.29 is 0 Å². The third-order valence-corrected chi connectivity index (χ3v) is 10.1. The van der Waals surface area contributed by atoms with Crippen LogP contribution in [0.4, 0.5) is 17.1 Å². The van der Waals surface area contributed by atoms with Gasteiger partial charge in [-0.3, -0.25) is 0 Å². The van der Waals surface area contributed by atoms with E-state index in [1.54, 1.807) is 0 Å². The highest BCUT2D eigenvalue weighted by Crippen LogP contribution is 2.66. The molecule has 7 aromatic carbocycles. The lowest BCUT2D eigenvalue weighted by Gasteiger charge is -2.35. The van der Waals surface area contributed by atoms with Crippen LogP contribution >= 0.6 is 0 Å². The van der Waals surface area contributed by atoms with Gasteiger partial charge in [0.05, 0.1) is 16.8 Å². The molecule has 0 amide bonds. The Labute approximate surface area is 257 Å². The molecule has 3 aliphatic rings. The molecular weight excluding hydrogens is 530 g/mol. The average Bonchev–Trinajstić information content (AvgIpc) is 3.56. The molecule has 0 unspecified atom stereocenters. The zero-order chi connectivity index (χ0) is 29.0. The maximum atomic E-state index is 3.97. The van der Waals surface area contributed by atoms with Gasteiger partial charge in [-0.15, -0.1) is 0 Å². The van der Waals surface area contributed by atoms with Crippen LogP contribution in [0.25, 0.3) is 50.2 Å². The minimum absolute atomic E-state index is 0.369. The summed E-state index contributed by atoms with van der Waals surface area (Å²) in [6.07, 6.45) is 1.90. The number of anilines is 3. The molecule has 0 fully saturated rings. The maximum Gasteiger partial charge on any atom is 0.0725 e. The van der Waals surface area contributed by atoms with Gasteiger partial charge in [0.1, 0.15) is 0 Å². The highest BCUT2D eigenvalue weighted by atomic mass is 15.2. The lowest BCUT2D eigenvalue weighted by atomic mass is 9.70. The first-order valence-electron chi connectivity index (χ1n) is 15.3. The van der Waals surface area contributed by atoms with Gasteiger partial charge < -0.3 is 4.90 Å². The third-order valence-electron chi connectivity index (χ3n) is 10.1. The largest absolute Gasteiger partial charge is 0.309 e. The van der Waals surface area contributed by atoms with E-state index in [2.05, 4.69) is 157 Å². The Balaban J connectivity index is 1.38. The van der Waals surface area contributed by atoms with Crippen molar-refractivity contribution >= 4 is 33.9 Å². The van der Waals surface area contributed by atoms with Crippen LogP contribution in [0.15, 0.2) is 152 Å². The van der Waals surface area contributed by atoms with Gasteiger partial charge in [0.25, 0.3) is 0 Å². The maximum absolute atomic E-state index is 3.97. The molecule has 10 rings (SSSR count). The molecule has 2 aliphatic carbocycles. The van der Waals surface area contributed by atoms with E-state index in [0.29, 0.717) is 0 Å². The average molecular weight is 558 g/mol. The number of para-hydroxylation sites is 1. The third kappa shape index (κ3) is 2.76. The second-order valence-corrected chi connectivity index (χ2v) is 12.1. The van der Waals surface area contributed by atoms with Crippen LogP contribution in [0.1, 0.15) is 27.8 Å². The van der Waals surface area contributed by atoms with Gasteiger partial charge in [-0.05, 0) is 85.8 Å². The minimum Gasteiger partial charge on any atom is -0.309 e. The second kappa shape index (κ2) is 8.46. The predicted molar refractivity (Wildman–Crippen MR) is 184 cm³/mol. The summed E-state index contributed by atoms with van der Waals surface area (Å²) in [4.78, 5) is 2.43. The molecular formula is C43H27N. The van der Waals surface area contributed by atoms with E-state index in [1.807, 2.05) is 6.08 Å². The van der Waals surface area contributed by atoms with Gasteiger partial charge in [0.15, 0.2) is 0 Å². The minimum atomic E-state index is -0.369. The van der Waals surface area contributed by atoms with Crippen LogP contribution in [-0.2, 0) is 5.41 Å². The van der Waals surface area contributed by atoms with E-state index in [9.17, 15) is 0 Å². The fraction of sp³-hybridized carbons (Fsp3) is 0.0233. The van der Waals surface area contributed by atoms with Crippen LogP contribution in [0.5, 0.6) is 0 Å². The lowest BCUT2D eigenvalue weighted by molar-refractivity contribution is 0.795. The van der Waals surface area contributed by atoms with Gasteiger partial charge in [0.2, 0.25) is 0 Å². The summed E-state index contributed by atoms with van der Waals surface area (Å²) in [5, 5.41) is 2.58. The van der Waals surface area contributed by atoms with Gasteiger partial charge in [-0.25, -0.2) is 0 Å². The molecule has 1 heterocycles. The van der Waals surface area contributed by atoms with E-state index >= 15 is 0 Å². The molecule has 0 N–H and O–H groups in total. The first-order valence-corrected chi connectivity index (χ1v) is 15.3. The standard InChI is InChI=1S/C43H27N/c1-2-27-22-24-29(25-23-27)44-38-20-10-6-16-33(38)42-40-28(12-11-21-39(40)44)26-37-41(42)32-15-5-9-19-36(32)43(37)34-17-7-3-13-30(34)31-14-4-8-18-35(31)43/h2-26H,1H2. The van der Waals surface area contributed by atoms with E-state index in [0.717, 1.165) is 11.3 Å². The number of nitrogens with zero attached hydrogens (tertiary/aromatic N) is 1. The first-order chi connectivity index (χ1) is 21.8. The van der Waals surface area contributed by atoms with Crippen molar-refractivity contribution in [3.8, 4) is 33.4 Å². The Morgan fingerprint density at radius 3 is 1.73 bits per heavy atom. The van der Waals surface area contributed by atoms with Crippen molar-refractivity contribution in [2.75, 3.05) is 4.90 Å². The van der Waals surface area contributed by atoms with Crippen molar-refractivity contribution in [1.29, 1.82) is 0 Å². The summed E-state index contributed by atoms with van der Waals surface area (Å²) in [7, 11) is 0. The zero-order valence-corrected chi connectivity index (χ0v) is 24.1. The summed E-state index contributed by atoms with van der Waals surface area (Å²) >= 11 is 0. The van der Waals surface area contributed by atoms with Crippen LogP contribution in [0.3, 0.4) is 0 Å². The Morgan fingerprint density at radius 1 is 0.477 bits per heavy atom. The fourth-order valence-electron chi connectivity index (χ4n) is 8.50. The molecule has 0 saturated heterocycles. The highest BCUT2D eigenvalue weighted by Gasteiger charge is 2.52. The number of hydrogen-bond acceptors (Lipinski definition) is 1. The monoisotopic (exact) mass is 557 g/mol. The lowest BCUT2D eigenvalue weighted by Crippen LogP contribution is -2.26. The van der Waals surface area contributed by atoms with Crippen LogP contribution in [-0.4, -0.2) is 0 Å². The SMILES string of the molecule is C=Cc1ccc(N2c3ccccc3-c3c4c(cc5cccc2c35)C2(c3ccccc3-c3ccccc32)c2ccccc2-4)cc1. The van der Waals surface area contributed by atoms with E-state index < -0.39 is 0 Å². The van der Waals surface area contributed by atoms with E-state index in [1.165, 1.54) is 77.8 Å². The van der Waals surface area contributed by atoms with Crippen molar-refractivity contribution in [3.05, 3.63) is 180 Å². The number of rotatable bonds is 2. The molecule has 1 aliphatic heterocycles. The van der Waals surface area contributed by atoms with E-state index in [-0.39, 0.29) is 5.41 Å². The quantitative estimate of drug-likeness (QED) is 0.204. The predicted octanol–water partition coefficient (Wildman–Crippen LogP) is 11.3. The van der Waals surface area contributed by atoms with Gasteiger partial charge >= 0.3 is 0 Å². The molecule has 0 saturated carbocycles. The molecule has 0 aromatic heterocycles. The van der Waals surface area contributed by atoms with Crippen molar-refractivity contribution in [1.82, 2.24) is 0 Å². The molecule has 44 heavy (non-hydrogen) atoms. The van der Waals surface area contributed by atoms with Crippen LogP contribution in [0, 0.1) is 0 Å². The fourth-order valence-corrected chi connectivity index (χ4v) is 8.50. The van der Waals surface area contributed by atoms with E-state index in [4.69, 9.17) is 0 Å². The molecule has 1 nitrogen and oxygen atoms in total. The topological polar surface area (TPSA) is 3.24 Å². The zero-order valence-electron chi connectivity index (χ0n) is 24.1. The number of benzene rings is 7. The van der Waals surface area contributed by atoms with Crippen molar-refractivity contribution in [3.63, 3.8) is 0 Å². The van der Waals surface area contributed by atoms with Gasteiger partial charge in [-0.2, -0.15) is 0 Å². The Hall–Kier alpha value is -5.66. The Morgan fingerprint density at radius 2 is 1.05 bits per heavy atom. The molecule has 0 radical (unpaired) electrons. The van der Waals surface area contributed by atoms with Crippen LogP contribution < -0.4 is 4.90 Å². The smallest absolute Gasteiger partial charge is 0.0725 e. The normalized spacial score (nSPS) is 14.1. The molecule has 7 aromatic rings. The first kappa shape index (κ1) is 23.9. The number of hydrogen-bond donors (Lipinski definition) is 0. The summed E-state index contributed by atoms with van der Waals surface area (Å²) < 4.78 is 0. The van der Waals surface area contributed by atoms with Gasteiger partial charge in [0, 0.05) is 22.2 Å².